The Hall–Kier alpha value is -1.29. The van der Waals surface area contributed by atoms with Gasteiger partial charge >= 0.3 is 19.8 Å². The molecule has 0 fully saturated rings. The molecule has 0 radical (unpaired) electrons. The molecular formula is C10H15O10P. The van der Waals surface area contributed by atoms with E-state index >= 15 is 0 Å². The summed E-state index contributed by atoms with van der Waals surface area (Å²) in [6, 6.07) is 0. The van der Waals surface area contributed by atoms with Gasteiger partial charge in [0, 0.05) is 12.0 Å². The monoisotopic (exact) mass is 326 g/mol. The molecule has 10 nitrogen and oxygen atoms in total. The lowest BCUT2D eigenvalue weighted by atomic mass is 9.92. The van der Waals surface area contributed by atoms with Crippen LogP contribution in [-0.4, -0.2) is 61.5 Å². The highest BCUT2D eigenvalue weighted by molar-refractivity contribution is 7.46. The van der Waals surface area contributed by atoms with Crippen molar-refractivity contribution in [2.75, 3.05) is 0 Å². The number of aliphatic hydroxyl groups is 1. The van der Waals surface area contributed by atoms with Crippen molar-refractivity contribution in [1.29, 1.82) is 0 Å². The molecule has 4 atom stereocenters. The van der Waals surface area contributed by atoms with E-state index in [1.54, 1.807) is 0 Å². The van der Waals surface area contributed by atoms with E-state index in [4.69, 9.17) is 24.7 Å². The number of hydrogen-bond donors (Lipinski definition) is 5. The number of carboxylic acids is 2. The van der Waals surface area contributed by atoms with Crippen LogP contribution < -0.4 is 0 Å². The standard InChI is InChI=1S/C10H15O10P/c1-4(9(12)13)19-6-2-5(10(14)15)3-7(8(6)11)20-21(16,17)18/h3-4,6-8,11H,2H2,1H3,(H,12,13)(H,14,15)(H2,16,17,18)/t4?,6-,7-,8+/m1/s1. The first-order valence-electron chi connectivity index (χ1n) is 5.75. The van der Waals surface area contributed by atoms with E-state index in [-0.39, 0.29) is 12.0 Å². The first-order chi connectivity index (χ1) is 9.51. The molecule has 21 heavy (non-hydrogen) atoms. The van der Waals surface area contributed by atoms with Gasteiger partial charge in [-0.15, -0.1) is 0 Å². The lowest BCUT2D eigenvalue weighted by Crippen LogP contribution is -2.45. The van der Waals surface area contributed by atoms with Crippen LogP contribution in [0.4, 0.5) is 0 Å². The third-order valence-electron chi connectivity index (χ3n) is 2.76. The molecule has 120 valence electrons. The lowest BCUT2D eigenvalue weighted by Gasteiger charge is -2.33. The third kappa shape index (κ3) is 5.20. The number of aliphatic carboxylic acids is 2. The van der Waals surface area contributed by atoms with Crippen LogP contribution in [0.25, 0.3) is 0 Å². The predicted octanol–water partition coefficient (Wildman–Crippen LogP) is -0.902. The van der Waals surface area contributed by atoms with Gasteiger partial charge in [-0.1, -0.05) is 0 Å². The van der Waals surface area contributed by atoms with Gasteiger partial charge in [0.1, 0.15) is 12.2 Å². The molecule has 11 heteroatoms. The van der Waals surface area contributed by atoms with Gasteiger partial charge in [0.25, 0.3) is 0 Å². The SMILES string of the molecule is CC(O[C@@H]1CC(C(=O)O)=C[C@@H](OP(=O)(O)O)[C@H]1O)C(=O)O. The second-order valence-corrected chi connectivity index (χ2v) is 5.60. The molecule has 0 saturated heterocycles. The summed E-state index contributed by atoms with van der Waals surface area (Å²) in [5.41, 5.74) is -0.304. The number of rotatable bonds is 6. The molecule has 0 saturated carbocycles. The van der Waals surface area contributed by atoms with Gasteiger partial charge in [0.2, 0.25) is 0 Å². The number of phosphoric ester groups is 1. The molecule has 1 unspecified atom stereocenters. The first-order valence-corrected chi connectivity index (χ1v) is 7.28. The summed E-state index contributed by atoms with van der Waals surface area (Å²) in [4.78, 5) is 39.1. The zero-order valence-corrected chi connectivity index (χ0v) is 11.7. The molecular weight excluding hydrogens is 311 g/mol. The Bertz CT molecular complexity index is 494. The fourth-order valence-electron chi connectivity index (χ4n) is 1.77. The quantitative estimate of drug-likeness (QED) is 0.385. The molecule has 1 aliphatic rings. The molecule has 0 bridgehead atoms. The largest absolute Gasteiger partial charge is 0.479 e. The van der Waals surface area contributed by atoms with Crippen LogP contribution in [0.15, 0.2) is 11.6 Å². The van der Waals surface area contributed by atoms with Gasteiger partial charge in [-0.3, -0.25) is 4.52 Å². The fourth-order valence-corrected chi connectivity index (χ4v) is 2.28. The van der Waals surface area contributed by atoms with Gasteiger partial charge in [-0.2, -0.15) is 0 Å². The van der Waals surface area contributed by atoms with E-state index in [1.165, 1.54) is 6.92 Å². The molecule has 0 heterocycles. The Balaban J connectivity index is 2.98. The summed E-state index contributed by atoms with van der Waals surface area (Å²) in [6.07, 6.45) is -5.34. The highest BCUT2D eigenvalue weighted by atomic mass is 31.2. The number of ether oxygens (including phenoxy) is 1. The Morgan fingerprint density at radius 2 is 1.95 bits per heavy atom. The maximum atomic E-state index is 11.0. The molecule has 0 aromatic rings. The predicted molar refractivity (Wildman–Crippen MR) is 65.2 cm³/mol. The van der Waals surface area contributed by atoms with Crippen LogP contribution in [0.5, 0.6) is 0 Å². The summed E-state index contributed by atoms with van der Waals surface area (Å²) in [7, 11) is -4.98. The Morgan fingerprint density at radius 3 is 2.38 bits per heavy atom. The van der Waals surface area contributed by atoms with E-state index in [2.05, 4.69) is 4.52 Å². The normalized spacial score (nSPS) is 27.8. The van der Waals surface area contributed by atoms with Crippen molar-refractivity contribution in [3.8, 4) is 0 Å². The maximum absolute atomic E-state index is 11.0. The van der Waals surface area contributed by atoms with Crippen molar-refractivity contribution < 1.29 is 48.5 Å². The van der Waals surface area contributed by atoms with Crippen molar-refractivity contribution >= 4 is 19.8 Å². The van der Waals surface area contributed by atoms with Crippen molar-refractivity contribution in [3.63, 3.8) is 0 Å². The third-order valence-corrected chi connectivity index (χ3v) is 3.28. The first kappa shape index (κ1) is 17.8. The Kier molecular flexibility index (Phi) is 5.62. The Labute approximate surface area is 118 Å². The zero-order chi connectivity index (χ0) is 16.4. The lowest BCUT2D eigenvalue weighted by molar-refractivity contribution is -0.161. The number of carbonyl (C=O) groups is 2. The Morgan fingerprint density at radius 1 is 1.38 bits per heavy atom. The van der Waals surface area contributed by atoms with Gasteiger partial charge in [0.05, 0.1) is 6.10 Å². The van der Waals surface area contributed by atoms with Gasteiger partial charge < -0.3 is 29.8 Å². The average molecular weight is 326 g/mol. The number of phosphoric acid groups is 1. The van der Waals surface area contributed by atoms with Crippen LogP contribution in [0.3, 0.4) is 0 Å². The number of hydrogen-bond acceptors (Lipinski definition) is 6. The smallest absolute Gasteiger partial charge is 0.470 e. The van der Waals surface area contributed by atoms with Gasteiger partial charge in [0.15, 0.2) is 6.10 Å². The second kappa shape index (κ2) is 6.65. The molecule has 0 aliphatic heterocycles. The van der Waals surface area contributed by atoms with E-state index in [1.807, 2.05) is 0 Å². The maximum Gasteiger partial charge on any atom is 0.470 e. The fraction of sp³-hybridized carbons (Fsp3) is 0.600. The summed E-state index contributed by atoms with van der Waals surface area (Å²) >= 11 is 0. The summed E-state index contributed by atoms with van der Waals surface area (Å²) < 4.78 is 20.1. The van der Waals surface area contributed by atoms with E-state index in [0.29, 0.717) is 0 Å². The highest BCUT2D eigenvalue weighted by Crippen LogP contribution is 2.41. The van der Waals surface area contributed by atoms with Gasteiger partial charge in [-0.25, -0.2) is 14.2 Å². The zero-order valence-electron chi connectivity index (χ0n) is 10.8. The van der Waals surface area contributed by atoms with Crippen molar-refractivity contribution in [2.45, 2.75) is 37.8 Å². The number of aliphatic hydroxyl groups excluding tert-OH is 1. The average Bonchev–Trinajstić information content (AvgIpc) is 2.31. The molecule has 0 aromatic heterocycles. The van der Waals surface area contributed by atoms with E-state index < -0.39 is 44.2 Å². The minimum absolute atomic E-state index is 0.304. The van der Waals surface area contributed by atoms with E-state index in [0.717, 1.165) is 6.08 Å². The molecule has 1 aliphatic carbocycles. The summed E-state index contributed by atoms with van der Waals surface area (Å²) in [6.45, 7) is 1.17. The van der Waals surface area contributed by atoms with Crippen LogP contribution in [-0.2, 0) is 23.4 Å². The molecule has 5 N–H and O–H groups in total. The minimum atomic E-state index is -4.98. The van der Waals surface area contributed by atoms with Crippen LogP contribution in [0, 0.1) is 0 Å². The minimum Gasteiger partial charge on any atom is -0.479 e. The van der Waals surface area contributed by atoms with Crippen molar-refractivity contribution in [3.05, 3.63) is 11.6 Å². The molecule has 0 amide bonds. The summed E-state index contributed by atoms with van der Waals surface area (Å²) in [5, 5.41) is 27.6. The van der Waals surface area contributed by atoms with Crippen molar-refractivity contribution in [1.82, 2.24) is 0 Å². The van der Waals surface area contributed by atoms with Gasteiger partial charge in [-0.05, 0) is 13.0 Å². The molecule has 0 aromatic carbocycles. The molecule has 1 rings (SSSR count). The van der Waals surface area contributed by atoms with Crippen molar-refractivity contribution in [2.24, 2.45) is 0 Å². The van der Waals surface area contributed by atoms with Crippen LogP contribution in [0.2, 0.25) is 0 Å². The number of carboxylic acid groups (broad SMARTS) is 2. The van der Waals surface area contributed by atoms with E-state index in [9.17, 15) is 19.3 Å². The summed E-state index contributed by atoms with van der Waals surface area (Å²) in [5.74, 6) is -2.72. The van der Waals surface area contributed by atoms with Crippen LogP contribution >= 0.6 is 7.82 Å². The molecule has 0 spiro atoms. The highest BCUT2D eigenvalue weighted by Gasteiger charge is 2.39. The van der Waals surface area contributed by atoms with Crippen LogP contribution in [0.1, 0.15) is 13.3 Å². The second-order valence-electron chi connectivity index (χ2n) is 4.41. The topological polar surface area (TPSA) is 171 Å².